The van der Waals surface area contributed by atoms with Gasteiger partial charge in [-0.25, -0.2) is 4.39 Å². The first-order valence-corrected chi connectivity index (χ1v) is 8.52. The molecule has 1 rings (SSSR count). The lowest BCUT2D eigenvalue weighted by atomic mass is 9.89. The zero-order valence-corrected chi connectivity index (χ0v) is 15.4. The van der Waals surface area contributed by atoms with Gasteiger partial charge in [-0.3, -0.25) is 9.59 Å². The van der Waals surface area contributed by atoms with Crippen molar-refractivity contribution in [2.45, 2.75) is 44.4 Å². The molecule has 0 saturated heterocycles. The topological polar surface area (TPSA) is 106 Å². The molecule has 0 heterocycles. The maximum absolute atomic E-state index is 13.9. The summed E-state index contributed by atoms with van der Waals surface area (Å²) in [4.78, 5) is 22.5. The number of primary amides is 2. The Morgan fingerprint density at radius 3 is 2.48 bits per heavy atom. The molecule has 1 radical (unpaired) electrons. The predicted octanol–water partition coefficient (Wildman–Crippen LogP) is 2.59. The number of nitrogens with two attached hydrogens (primary N) is 2. The predicted molar refractivity (Wildman–Crippen MR) is 95.7 cm³/mol. The normalized spacial score (nSPS) is 16.0. The first kappa shape index (κ1) is 21.7. The van der Waals surface area contributed by atoms with Crippen LogP contribution in [0.1, 0.15) is 31.7 Å². The number of rotatable bonds is 10. The van der Waals surface area contributed by atoms with Crippen LogP contribution in [-0.2, 0) is 16.0 Å². The zero-order chi connectivity index (χ0) is 19.2. The largest absolute Gasteiger partial charge is 0.393 e. The Balaban J connectivity index is 2.55. The Morgan fingerprint density at radius 1 is 1.32 bits per heavy atom. The average Bonchev–Trinajstić information content (AvgIpc) is 2.52. The number of aliphatic hydroxyl groups is 1. The molecule has 0 fully saturated rings. The standard InChI is InChI=1S/C17H22Cl2FN2O3/c1-17(20,16(22)25)7-6-11(15(21)24)9-12(23)4-2-10-3-5-13(18)14(19)8-10/h3-5,8,11-12,23H,2,6-7,9H2,1H3,(H2,21,24)(H2,22,25)/t11-,12+,17?/m1/s1. The number of hydrogen-bond acceptors (Lipinski definition) is 3. The van der Waals surface area contributed by atoms with Gasteiger partial charge < -0.3 is 16.6 Å². The van der Waals surface area contributed by atoms with Crippen LogP contribution in [0.25, 0.3) is 0 Å². The van der Waals surface area contributed by atoms with E-state index in [2.05, 4.69) is 0 Å². The number of amides is 2. The minimum Gasteiger partial charge on any atom is -0.393 e. The molecule has 2 amide bonds. The van der Waals surface area contributed by atoms with Crippen molar-refractivity contribution < 1.29 is 19.1 Å². The molecule has 5 N–H and O–H groups in total. The van der Waals surface area contributed by atoms with E-state index >= 15 is 0 Å². The number of carbonyl (C=O) groups excluding carboxylic acids is 2. The highest BCUT2D eigenvalue weighted by atomic mass is 35.5. The quantitative estimate of drug-likeness (QED) is 0.570. The third-order valence-electron chi connectivity index (χ3n) is 4.01. The highest BCUT2D eigenvalue weighted by Gasteiger charge is 2.32. The number of halogens is 3. The minimum absolute atomic E-state index is 0.0168. The monoisotopic (exact) mass is 391 g/mol. The second-order valence-electron chi connectivity index (χ2n) is 6.19. The fraction of sp³-hybridized carbons (Fsp3) is 0.471. The zero-order valence-electron chi connectivity index (χ0n) is 13.8. The molecule has 0 aliphatic carbocycles. The summed E-state index contributed by atoms with van der Waals surface area (Å²) >= 11 is 11.8. The summed E-state index contributed by atoms with van der Waals surface area (Å²) < 4.78 is 13.9. The Hall–Kier alpha value is -1.37. The fourth-order valence-corrected chi connectivity index (χ4v) is 2.59. The number of hydrogen-bond donors (Lipinski definition) is 3. The van der Waals surface area contributed by atoms with Crippen LogP contribution >= 0.6 is 23.2 Å². The molecule has 1 unspecified atom stereocenters. The minimum atomic E-state index is -2.22. The highest BCUT2D eigenvalue weighted by Crippen LogP contribution is 2.25. The lowest BCUT2D eigenvalue weighted by Crippen LogP contribution is -2.38. The number of carbonyl (C=O) groups is 2. The van der Waals surface area contributed by atoms with Crippen molar-refractivity contribution in [3.63, 3.8) is 0 Å². The second-order valence-corrected chi connectivity index (χ2v) is 7.01. The molecule has 0 aliphatic heterocycles. The van der Waals surface area contributed by atoms with E-state index in [9.17, 15) is 19.1 Å². The Labute approximate surface area is 156 Å². The van der Waals surface area contributed by atoms with Gasteiger partial charge in [0.25, 0.3) is 5.91 Å². The van der Waals surface area contributed by atoms with Gasteiger partial charge in [-0.05, 0) is 56.7 Å². The number of benzene rings is 1. The van der Waals surface area contributed by atoms with E-state index in [1.54, 1.807) is 24.6 Å². The van der Waals surface area contributed by atoms with Crippen molar-refractivity contribution in [2.75, 3.05) is 0 Å². The van der Waals surface area contributed by atoms with Crippen molar-refractivity contribution in [3.05, 3.63) is 40.2 Å². The van der Waals surface area contributed by atoms with Crippen molar-refractivity contribution in [3.8, 4) is 0 Å². The summed E-state index contributed by atoms with van der Waals surface area (Å²) in [7, 11) is 0. The van der Waals surface area contributed by atoms with Gasteiger partial charge in [0.2, 0.25) is 5.91 Å². The molecule has 0 aromatic heterocycles. The van der Waals surface area contributed by atoms with Gasteiger partial charge in [-0.2, -0.15) is 0 Å². The molecule has 0 aliphatic rings. The summed E-state index contributed by atoms with van der Waals surface area (Å²) in [5.74, 6) is -2.53. The number of aliphatic hydroxyl groups excluding tert-OH is 1. The summed E-state index contributed by atoms with van der Waals surface area (Å²) in [6.07, 6.45) is 0.889. The molecule has 3 atom stereocenters. The van der Waals surface area contributed by atoms with Gasteiger partial charge in [0, 0.05) is 5.92 Å². The molecule has 139 valence electrons. The SMILES string of the molecule is CC(F)(CC[C@H](C[C@@H](O)[CH]Cc1ccc(Cl)c(Cl)c1)C(N)=O)C(N)=O. The van der Waals surface area contributed by atoms with Gasteiger partial charge in [-0.15, -0.1) is 0 Å². The van der Waals surface area contributed by atoms with E-state index in [0.717, 1.165) is 12.5 Å². The molecule has 0 saturated carbocycles. The van der Waals surface area contributed by atoms with E-state index in [1.165, 1.54) is 0 Å². The fourth-order valence-electron chi connectivity index (χ4n) is 2.27. The molecule has 0 bridgehead atoms. The van der Waals surface area contributed by atoms with E-state index in [4.69, 9.17) is 34.7 Å². The molecular weight excluding hydrogens is 370 g/mol. The van der Waals surface area contributed by atoms with Crippen LogP contribution < -0.4 is 11.5 Å². The Kier molecular flexibility index (Phi) is 8.12. The number of alkyl halides is 1. The van der Waals surface area contributed by atoms with Crippen LogP contribution in [0.3, 0.4) is 0 Å². The molecule has 8 heteroatoms. The lowest BCUT2D eigenvalue weighted by molar-refractivity contribution is -0.130. The van der Waals surface area contributed by atoms with E-state index in [-0.39, 0.29) is 19.3 Å². The van der Waals surface area contributed by atoms with Crippen LogP contribution in [0.2, 0.25) is 10.0 Å². The molecule has 0 spiro atoms. The summed E-state index contributed by atoms with van der Waals surface area (Å²) in [5.41, 5.74) is 8.88. The third-order valence-corrected chi connectivity index (χ3v) is 4.75. The van der Waals surface area contributed by atoms with Crippen LogP contribution in [0.4, 0.5) is 4.39 Å². The summed E-state index contributed by atoms with van der Waals surface area (Å²) in [5, 5.41) is 10.9. The third kappa shape index (κ3) is 7.18. The second kappa shape index (κ2) is 9.36. The molecule has 1 aromatic rings. The Morgan fingerprint density at radius 2 is 1.96 bits per heavy atom. The highest BCUT2D eigenvalue weighted by molar-refractivity contribution is 6.42. The maximum Gasteiger partial charge on any atom is 0.254 e. The molecule has 1 aromatic carbocycles. The van der Waals surface area contributed by atoms with Crippen LogP contribution in [0, 0.1) is 12.3 Å². The van der Waals surface area contributed by atoms with Crippen molar-refractivity contribution in [1.82, 2.24) is 0 Å². The first-order chi connectivity index (χ1) is 11.5. The van der Waals surface area contributed by atoms with Crippen molar-refractivity contribution >= 4 is 35.0 Å². The summed E-state index contributed by atoms with van der Waals surface area (Å²) in [6, 6.07) is 5.10. The van der Waals surface area contributed by atoms with Crippen LogP contribution in [0.15, 0.2) is 18.2 Å². The van der Waals surface area contributed by atoms with Crippen LogP contribution in [-0.4, -0.2) is 28.7 Å². The van der Waals surface area contributed by atoms with Gasteiger partial charge in [0.05, 0.1) is 16.1 Å². The van der Waals surface area contributed by atoms with Gasteiger partial charge in [-0.1, -0.05) is 29.3 Å². The van der Waals surface area contributed by atoms with E-state index in [0.29, 0.717) is 16.5 Å². The molecule has 5 nitrogen and oxygen atoms in total. The molecule has 25 heavy (non-hydrogen) atoms. The van der Waals surface area contributed by atoms with Crippen LogP contribution in [0.5, 0.6) is 0 Å². The smallest absolute Gasteiger partial charge is 0.254 e. The van der Waals surface area contributed by atoms with Gasteiger partial charge in [0.15, 0.2) is 5.67 Å². The first-order valence-electron chi connectivity index (χ1n) is 7.76. The van der Waals surface area contributed by atoms with Crippen molar-refractivity contribution in [2.24, 2.45) is 17.4 Å². The maximum atomic E-state index is 13.9. The van der Waals surface area contributed by atoms with Gasteiger partial charge in [0.1, 0.15) is 0 Å². The molecular formula is C17H22Cl2FN2O3. The average molecular weight is 392 g/mol. The van der Waals surface area contributed by atoms with E-state index < -0.39 is 29.5 Å². The van der Waals surface area contributed by atoms with Crippen molar-refractivity contribution in [1.29, 1.82) is 0 Å². The Bertz CT molecular complexity index is 626. The van der Waals surface area contributed by atoms with E-state index in [1.807, 2.05) is 0 Å². The lowest BCUT2D eigenvalue weighted by Gasteiger charge is -2.21. The van der Waals surface area contributed by atoms with Gasteiger partial charge >= 0.3 is 0 Å². The summed E-state index contributed by atoms with van der Waals surface area (Å²) in [6.45, 7) is 1.06.